The number of nitrogens with zero attached hydrogens (tertiary/aromatic N) is 1. The number of aryl methyl sites for hydroxylation is 1. The minimum Gasteiger partial charge on any atom is -0.480 e. The maximum atomic E-state index is 12.7. The molecule has 4 nitrogen and oxygen atoms in total. The van der Waals surface area contributed by atoms with Crippen molar-refractivity contribution in [3.05, 3.63) is 113 Å². The van der Waals surface area contributed by atoms with Crippen LogP contribution in [0.25, 0.3) is 6.08 Å². The Morgan fingerprint density at radius 3 is 2.43 bits per heavy atom. The van der Waals surface area contributed by atoms with Gasteiger partial charge in [0, 0.05) is 11.3 Å². The van der Waals surface area contributed by atoms with E-state index in [-0.39, 0.29) is 5.57 Å². The quantitative estimate of drug-likeness (QED) is 0.464. The largest absolute Gasteiger partial charge is 0.480 e. The molecule has 0 aliphatic carbocycles. The fraction of sp³-hybridized carbons (Fsp3) is 0.0769. The topological polar surface area (TPSA) is 62.1 Å². The van der Waals surface area contributed by atoms with Crippen LogP contribution in [0.3, 0.4) is 0 Å². The van der Waals surface area contributed by atoms with E-state index in [0.717, 1.165) is 28.0 Å². The van der Waals surface area contributed by atoms with Gasteiger partial charge >= 0.3 is 0 Å². The van der Waals surface area contributed by atoms with Gasteiger partial charge in [0.1, 0.15) is 23.5 Å². The Labute approximate surface area is 175 Å². The molecule has 1 aliphatic heterocycles. The molecule has 0 saturated heterocycles. The number of benzene rings is 3. The number of hydrogen-bond donors (Lipinski definition) is 1. The highest BCUT2D eigenvalue weighted by Crippen LogP contribution is 2.38. The number of carbonyl (C=O) groups excluding carboxylic acids is 1. The molecule has 1 aliphatic rings. The van der Waals surface area contributed by atoms with Crippen molar-refractivity contribution in [3.63, 3.8) is 0 Å². The van der Waals surface area contributed by atoms with Crippen molar-refractivity contribution in [1.82, 2.24) is 0 Å². The average molecular weight is 392 g/mol. The van der Waals surface area contributed by atoms with E-state index in [1.807, 2.05) is 97.9 Å². The number of anilines is 1. The molecule has 0 spiro atoms. The Balaban J connectivity index is 1.69. The first-order chi connectivity index (χ1) is 14.6. The maximum Gasteiger partial charge on any atom is 0.266 e. The van der Waals surface area contributed by atoms with E-state index in [9.17, 15) is 10.1 Å². The number of carbonyl (C=O) groups is 1. The van der Waals surface area contributed by atoms with Crippen LogP contribution in [0.2, 0.25) is 0 Å². The second-order valence-electron chi connectivity index (χ2n) is 7.08. The van der Waals surface area contributed by atoms with Crippen LogP contribution in [0, 0.1) is 18.3 Å². The van der Waals surface area contributed by atoms with E-state index >= 15 is 0 Å². The highest BCUT2D eigenvalue weighted by molar-refractivity contribution is 6.07. The van der Waals surface area contributed by atoms with E-state index in [1.54, 1.807) is 6.08 Å². The summed E-state index contributed by atoms with van der Waals surface area (Å²) in [5.74, 6) is 0.319. The fourth-order valence-electron chi connectivity index (χ4n) is 3.31. The second kappa shape index (κ2) is 8.50. The van der Waals surface area contributed by atoms with Gasteiger partial charge < -0.3 is 10.1 Å². The summed E-state index contributed by atoms with van der Waals surface area (Å²) >= 11 is 0. The molecule has 3 aromatic rings. The van der Waals surface area contributed by atoms with E-state index in [1.165, 1.54) is 0 Å². The third-order valence-corrected chi connectivity index (χ3v) is 4.88. The highest BCUT2D eigenvalue weighted by atomic mass is 16.5. The van der Waals surface area contributed by atoms with Crippen LogP contribution in [0.1, 0.15) is 22.8 Å². The van der Waals surface area contributed by atoms with Gasteiger partial charge in [-0.1, -0.05) is 66.2 Å². The molecule has 0 aromatic heterocycles. The Bertz CT molecular complexity index is 1170. The Morgan fingerprint density at radius 1 is 1.00 bits per heavy atom. The Hall–Kier alpha value is -4.10. The molecule has 146 valence electrons. The number of hydrogen-bond acceptors (Lipinski definition) is 3. The molecule has 1 amide bonds. The molecule has 3 aromatic carbocycles. The molecule has 0 fully saturated rings. The van der Waals surface area contributed by atoms with Crippen LogP contribution in [0.5, 0.6) is 5.75 Å². The Kier molecular flexibility index (Phi) is 5.45. The van der Waals surface area contributed by atoms with Gasteiger partial charge in [0.25, 0.3) is 5.91 Å². The number of amides is 1. The zero-order chi connectivity index (χ0) is 20.9. The summed E-state index contributed by atoms with van der Waals surface area (Å²) in [6, 6.07) is 26.9. The monoisotopic (exact) mass is 392 g/mol. The molecule has 30 heavy (non-hydrogen) atoms. The average Bonchev–Trinajstić information content (AvgIpc) is 2.79. The highest BCUT2D eigenvalue weighted by Gasteiger charge is 2.24. The SMILES string of the molecule is Cc1ccc(NC(=O)C(C#N)=CC2=Cc3ccccc3OC2c2ccccc2)cc1. The predicted molar refractivity (Wildman–Crippen MR) is 118 cm³/mol. The number of nitriles is 1. The summed E-state index contributed by atoms with van der Waals surface area (Å²) < 4.78 is 6.23. The van der Waals surface area contributed by atoms with Crippen molar-refractivity contribution in [2.75, 3.05) is 5.32 Å². The molecular formula is C26H20N2O2. The molecule has 1 heterocycles. The van der Waals surface area contributed by atoms with Crippen LogP contribution >= 0.6 is 0 Å². The van der Waals surface area contributed by atoms with Gasteiger partial charge in [-0.2, -0.15) is 5.26 Å². The van der Waals surface area contributed by atoms with Crippen molar-refractivity contribution in [3.8, 4) is 11.8 Å². The first-order valence-corrected chi connectivity index (χ1v) is 9.66. The molecular weight excluding hydrogens is 372 g/mol. The van der Waals surface area contributed by atoms with Crippen molar-refractivity contribution in [2.24, 2.45) is 0 Å². The molecule has 1 unspecified atom stereocenters. The third-order valence-electron chi connectivity index (χ3n) is 4.88. The predicted octanol–water partition coefficient (Wildman–Crippen LogP) is 5.60. The van der Waals surface area contributed by atoms with Gasteiger partial charge in [0.2, 0.25) is 0 Å². The van der Waals surface area contributed by atoms with E-state index < -0.39 is 12.0 Å². The normalized spacial score (nSPS) is 15.3. The van der Waals surface area contributed by atoms with Gasteiger partial charge in [-0.15, -0.1) is 0 Å². The fourth-order valence-corrected chi connectivity index (χ4v) is 3.31. The van der Waals surface area contributed by atoms with E-state index in [2.05, 4.69) is 5.32 Å². The lowest BCUT2D eigenvalue weighted by Crippen LogP contribution is -2.17. The summed E-state index contributed by atoms with van der Waals surface area (Å²) in [6.45, 7) is 1.98. The molecule has 0 radical (unpaired) electrons. The lowest BCUT2D eigenvalue weighted by molar-refractivity contribution is -0.112. The molecule has 4 rings (SSSR count). The zero-order valence-corrected chi connectivity index (χ0v) is 16.5. The third kappa shape index (κ3) is 4.16. The van der Waals surface area contributed by atoms with Crippen LogP contribution in [-0.2, 0) is 4.79 Å². The molecule has 0 bridgehead atoms. The van der Waals surface area contributed by atoms with E-state index in [0.29, 0.717) is 5.69 Å². The number of rotatable bonds is 4. The minimum absolute atomic E-state index is 0.0192. The molecule has 4 heteroatoms. The lowest BCUT2D eigenvalue weighted by atomic mass is 9.94. The maximum absolute atomic E-state index is 12.7. The number of ether oxygens (including phenoxy) is 1. The number of nitrogens with one attached hydrogen (secondary N) is 1. The van der Waals surface area contributed by atoms with Crippen LogP contribution < -0.4 is 10.1 Å². The molecule has 1 atom stereocenters. The molecule has 1 N–H and O–H groups in total. The Morgan fingerprint density at radius 2 is 1.70 bits per heavy atom. The summed E-state index contributed by atoms with van der Waals surface area (Å²) in [5, 5.41) is 12.4. The molecule has 0 saturated carbocycles. The minimum atomic E-state index is -0.451. The summed E-state index contributed by atoms with van der Waals surface area (Å²) in [4.78, 5) is 12.7. The van der Waals surface area contributed by atoms with Gasteiger partial charge in [-0.25, -0.2) is 0 Å². The van der Waals surface area contributed by atoms with E-state index in [4.69, 9.17) is 4.74 Å². The smallest absolute Gasteiger partial charge is 0.266 e. The second-order valence-corrected chi connectivity index (χ2v) is 7.08. The zero-order valence-electron chi connectivity index (χ0n) is 16.5. The van der Waals surface area contributed by atoms with Gasteiger partial charge in [0.05, 0.1) is 0 Å². The van der Waals surface area contributed by atoms with Crippen molar-refractivity contribution in [2.45, 2.75) is 13.0 Å². The van der Waals surface area contributed by atoms with Crippen LogP contribution in [0.15, 0.2) is 96.1 Å². The summed E-state index contributed by atoms with van der Waals surface area (Å²) in [5.41, 5.74) is 4.36. The summed E-state index contributed by atoms with van der Waals surface area (Å²) in [7, 11) is 0. The van der Waals surface area contributed by atoms with Gasteiger partial charge in [-0.3, -0.25) is 4.79 Å². The van der Waals surface area contributed by atoms with Crippen molar-refractivity contribution in [1.29, 1.82) is 5.26 Å². The van der Waals surface area contributed by atoms with Gasteiger partial charge in [-0.05, 0) is 48.4 Å². The van der Waals surface area contributed by atoms with Gasteiger partial charge in [0.15, 0.2) is 0 Å². The first kappa shape index (κ1) is 19.2. The van der Waals surface area contributed by atoms with Crippen molar-refractivity contribution >= 4 is 17.7 Å². The van der Waals surface area contributed by atoms with Crippen molar-refractivity contribution < 1.29 is 9.53 Å². The summed E-state index contributed by atoms with van der Waals surface area (Å²) in [6.07, 6.45) is 3.17. The standard InChI is InChI=1S/C26H20N2O2/c1-18-11-13-23(14-12-18)28-26(29)22(17-27)16-21-15-20-9-5-6-10-24(20)30-25(21)19-7-3-2-4-8-19/h2-16,25H,1H3,(H,28,29). The number of para-hydroxylation sites is 1. The van der Waals surface area contributed by atoms with Crippen LogP contribution in [0.4, 0.5) is 5.69 Å². The van der Waals surface area contributed by atoms with Crippen LogP contribution in [-0.4, -0.2) is 5.91 Å². The number of fused-ring (bicyclic) bond motifs is 1. The lowest BCUT2D eigenvalue weighted by Gasteiger charge is -2.26. The first-order valence-electron chi connectivity index (χ1n) is 9.66.